The van der Waals surface area contributed by atoms with Gasteiger partial charge in [-0.1, -0.05) is 13.8 Å². The van der Waals surface area contributed by atoms with Crippen LogP contribution >= 0.6 is 0 Å². The van der Waals surface area contributed by atoms with Gasteiger partial charge in [0.1, 0.15) is 19.2 Å². The van der Waals surface area contributed by atoms with Gasteiger partial charge in [0.25, 0.3) is 0 Å². The molecular weight excluding hydrogens is 448 g/mol. The van der Waals surface area contributed by atoms with Crippen LogP contribution in [0.1, 0.15) is 49.6 Å². The minimum absolute atomic E-state index is 0.0343. The summed E-state index contributed by atoms with van der Waals surface area (Å²) in [5, 5.41) is 6.24. The molecule has 0 aromatic carbocycles. The molecule has 0 spiro atoms. The summed E-state index contributed by atoms with van der Waals surface area (Å²) in [4.78, 5) is 48.9. The van der Waals surface area contributed by atoms with Gasteiger partial charge in [0.15, 0.2) is 5.65 Å². The maximum atomic E-state index is 12.6. The number of hydrogen-bond donors (Lipinski definition) is 2. The molecule has 0 bridgehead atoms. The average molecular weight is 481 g/mol. The van der Waals surface area contributed by atoms with Gasteiger partial charge in [-0.05, 0) is 37.3 Å². The second-order valence-corrected chi connectivity index (χ2v) is 8.04. The van der Waals surface area contributed by atoms with Crippen LogP contribution in [0.5, 0.6) is 0 Å². The molecule has 11 heteroatoms. The van der Waals surface area contributed by atoms with Gasteiger partial charge < -0.3 is 19.8 Å². The first kappa shape index (κ1) is 25.6. The number of hydrogen-bond acceptors (Lipinski definition) is 8. The smallest absolute Gasteiger partial charge is 0.331 e. The lowest BCUT2D eigenvalue weighted by Crippen LogP contribution is -2.30. The molecular formula is C24H32N8O3. The molecule has 186 valence electrons. The molecule has 2 aliphatic rings. The molecule has 1 saturated carbocycles. The minimum atomic E-state index is -0.321. The summed E-state index contributed by atoms with van der Waals surface area (Å²) >= 11 is 0. The predicted molar refractivity (Wildman–Crippen MR) is 135 cm³/mol. The van der Waals surface area contributed by atoms with Crippen LogP contribution < -0.4 is 15.5 Å². The summed E-state index contributed by atoms with van der Waals surface area (Å²) in [6.45, 7) is 8.41. The normalized spacial score (nSPS) is 14.9. The Labute approximate surface area is 204 Å². The van der Waals surface area contributed by atoms with Crippen molar-refractivity contribution in [2.45, 2.75) is 46.1 Å². The van der Waals surface area contributed by atoms with E-state index < -0.39 is 0 Å². The Kier molecular flexibility index (Phi) is 8.00. The Hall–Kier alpha value is -4.02. The largest absolute Gasteiger partial charge is 0.364 e. The number of amides is 3. The Morgan fingerprint density at radius 2 is 1.80 bits per heavy atom. The third kappa shape index (κ3) is 5.39. The van der Waals surface area contributed by atoms with Crippen molar-refractivity contribution >= 4 is 41.8 Å². The lowest BCUT2D eigenvalue weighted by Gasteiger charge is -2.17. The van der Waals surface area contributed by atoms with Gasteiger partial charge >= 0.3 is 6.03 Å². The molecule has 0 radical (unpaired) electrons. The summed E-state index contributed by atoms with van der Waals surface area (Å²) < 4.78 is 1.96. The van der Waals surface area contributed by atoms with Gasteiger partial charge in [0, 0.05) is 38.2 Å². The molecule has 4 heterocycles. The number of anilines is 3. The van der Waals surface area contributed by atoms with Gasteiger partial charge in [0.05, 0.1) is 17.9 Å². The van der Waals surface area contributed by atoms with E-state index in [9.17, 15) is 9.59 Å². The zero-order valence-corrected chi connectivity index (χ0v) is 20.8. The van der Waals surface area contributed by atoms with E-state index in [4.69, 9.17) is 9.78 Å². The summed E-state index contributed by atoms with van der Waals surface area (Å²) in [6.07, 6.45) is 6.31. The maximum absolute atomic E-state index is 12.6. The minimum Gasteiger partial charge on any atom is -0.364 e. The molecule has 1 saturated heterocycles. The van der Waals surface area contributed by atoms with Crippen LogP contribution in [-0.2, 0) is 16.1 Å². The van der Waals surface area contributed by atoms with E-state index in [2.05, 4.69) is 26.8 Å². The molecule has 0 unspecified atom stereocenters. The van der Waals surface area contributed by atoms with Crippen LogP contribution in [0.4, 0.5) is 22.2 Å². The Bertz CT molecular complexity index is 1220. The van der Waals surface area contributed by atoms with E-state index in [0.29, 0.717) is 35.6 Å². The number of likely N-dealkylation sites (N-methyl/N-ethyl adjacent to an activating group) is 1. The van der Waals surface area contributed by atoms with E-state index in [1.165, 1.54) is 17.5 Å². The number of carbonyl (C=O) groups is 3. The van der Waals surface area contributed by atoms with Gasteiger partial charge in [-0.3, -0.25) is 14.6 Å². The highest BCUT2D eigenvalue weighted by Crippen LogP contribution is 2.42. The number of imide groups is 1. The number of carbonyl (C=O) groups excluding carboxylic acids is 3. The molecule has 1 aliphatic carbocycles. The highest BCUT2D eigenvalue weighted by molar-refractivity contribution is 6.13. The summed E-state index contributed by atoms with van der Waals surface area (Å²) in [6, 6.07) is 3.56. The summed E-state index contributed by atoms with van der Waals surface area (Å²) in [5.41, 5.74) is 4.16. The quantitative estimate of drug-likeness (QED) is 0.515. The SMILES string of the molecule is C=O.CC.CNc1nc(C)cc(NCc2cn3cc(C4CC4)cc(N4CC(=O)N(C)C4=O)c3n2)n1. The van der Waals surface area contributed by atoms with E-state index in [1.54, 1.807) is 7.05 Å². The second-order valence-electron chi connectivity index (χ2n) is 8.04. The number of fused-ring (bicyclic) bond motifs is 1. The lowest BCUT2D eigenvalue weighted by molar-refractivity contribution is -0.123. The number of aromatic nitrogens is 4. The topological polar surface area (TPSA) is 125 Å². The van der Waals surface area contributed by atoms with Crippen LogP contribution in [0.3, 0.4) is 0 Å². The van der Waals surface area contributed by atoms with Crippen molar-refractivity contribution in [3.05, 3.63) is 41.5 Å². The highest BCUT2D eigenvalue weighted by Gasteiger charge is 2.36. The average Bonchev–Trinajstić information content (AvgIpc) is 3.60. The van der Waals surface area contributed by atoms with Gasteiger partial charge in [0.2, 0.25) is 11.9 Å². The van der Waals surface area contributed by atoms with Crippen molar-refractivity contribution in [2.24, 2.45) is 0 Å². The number of urea groups is 1. The van der Waals surface area contributed by atoms with Crippen LogP contribution in [0.2, 0.25) is 0 Å². The van der Waals surface area contributed by atoms with Crippen LogP contribution in [0, 0.1) is 6.92 Å². The Morgan fingerprint density at radius 3 is 2.40 bits per heavy atom. The molecule has 1 aliphatic heterocycles. The number of rotatable bonds is 6. The highest BCUT2D eigenvalue weighted by atomic mass is 16.2. The Balaban J connectivity index is 0.000000815. The fraction of sp³-hybridized carbons (Fsp3) is 0.417. The first-order chi connectivity index (χ1) is 16.9. The molecule has 2 fully saturated rings. The molecule has 3 amide bonds. The molecule has 3 aromatic rings. The van der Waals surface area contributed by atoms with Crippen LogP contribution in [-0.4, -0.2) is 63.6 Å². The number of pyridine rings is 1. The fourth-order valence-corrected chi connectivity index (χ4v) is 3.81. The van der Waals surface area contributed by atoms with Gasteiger partial charge in [-0.15, -0.1) is 0 Å². The standard InChI is InChI=1S/C21H24N8O2.C2H6.CH2O/c1-12-6-17(26-20(22-2)24-12)23-8-15-10-28-9-14(13-4-5-13)7-16(19(28)25-15)29-11-18(30)27(3)21(29)31;2*1-2/h6-7,9-10,13H,4-5,8,11H2,1-3H3,(H2,22,23,24,26);1-2H3;1H2. The molecule has 5 rings (SSSR count). The third-order valence-electron chi connectivity index (χ3n) is 5.66. The van der Waals surface area contributed by atoms with Crippen molar-refractivity contribution in [3.8, 4) is 0 Å². The van der Waals surface area contributed by atoms with Crippen LogP contribution in [0.15, 0.2) is 24.5 Å². The zero-order chi connectivity index (χ0) is 25.7. The molecule has 0 atom stereocenters. The van der Waals surface area contributed by atoms with Gasteiger partial charge in [-0.25, -0.2) is 14.8 Å². The molecule has 3 aromatic heterocycles. The zero-order valence-electron chi connectivity index (χ0n) is 20.8. The lowest BCUT2D eigenvalue weighted by atomic mass is 10.1. The number of aryl methyl sites for hydroxylation is 1. The van der Waals surface area contributed by atoms with Crippen LogP contribution in [0.25, 0.3) is 5.65 Å². The van der Waals surface area contributed by atoms with E-state index in [-0.39, 0.29) is 18.5 Å². The maximum Gasteiger partial charge on any atom is 0.331 e. The van der Waals surface area contributed by atoms with E-state index in [0.717, 1.165) is 29.1 Å². The molecule has 11 nitrogen and oxygen atoms in total. The van der Waals surface area contributed by atoms with E-state index >= 15 is 0 Å². The fourth-order valence-electron chi connectivity index (χ4n) is 3.81. The predicted octanol–water partition coefficient (Wildman–Crippen LogP) is 3.20. The second kappa shape index (κ2) is 10.9. The van der Waals surface area contributed by atoms with Crippen molar-refractivity contribution in [2.75, 3.05) is 36.2 Å². The summed E-state index contributed by atoms with van der Waals surface area (Å²) in [7, 11) is 3.29. The van der Waals surface area contributed by atoms with E-state index in [1.807, 2.05) is 50.3 Å². The summed E-state index contributed by atoms with van der Waals surface area (Å²) in [5.74, 6) is 1.54. The Morgan fingerprint density at radius 1 is 1.09 bits per heavy atom. The first-order valence-corrected chi connectivity index (χ1v) is 11.6. The number of nitrogens with zero attached hydrogens (tertiary/aromatic N) is 6. The van der Waals surface area contributed by atoms with Crippen molar-refractivity contribution in [1.29, 1.82) is 0 Å². The first-order valence-electron chi connectivity index (χ1n) is 11.6. The molecule has 2 N–H and O–H groups in total. The van der Waals surface area contributed by atoms with Gasteiger partial charge in [-0.2, -0.15) is 4.98 Å². The number of nitrogens with one attached hydrogen (secondary N) is 2. The van der Waals surface area contributed by atoms with Crippen molar-refractivity contribution in [1.82, 2.24) is 24.3 Å². The monoisotopic (exact) mass is 480 g/mol. The third-order valence-corrected chi connectivity index (χ3v) is 5.66. The van der Waals surface area contributed by atoms with Crippen molar-refractivity contribution in [3.63, 3.8) is 0 Å². The molecule has 35 heavy (non-hydrogen) atoms. The number of imidazole rings is 1. The van der Waals surface area contributed by atoms with Crippen molar-refractivity contribution < 1.29 is 14.4 Å².